The molecule has 1 N–H and O–H groups in total. The molecule has 2 aromatic carbocycles. The highest BCUT2D eigenvalue weighted by molar-refractivity contribution is 7.98. The van der Waals surface area contributed by atoms with E-state index in [0.29, 0.717) is 29.9 Å². The Hall–Kier alpha value is -2.56. The molecule has 1 aliphatic heterocycles. The molecule has 0 radical (unpaired) electrons. The summed E-state index contributed by atoms with van der Waals surface area (Å²) in [7, 11) is -2.31. The van der Waals surface area contributed by atoms with Crippen molar-refractivity contribution in [2.75, 3.05) is 24.7 Å². The zero-order valence-corrected chi connectivity index (χ0v) is 21.0. The molecule has 7 nitrogen and oxygen atoms in total. The first kappa shape index (κ1) is 26.1. The molecular formula is C24H29FN2O5S2. The summed E-state index contributed by atoms with van der Waals surface area (Å²) in [5.41, 5.74) is 1.58. The van der Waals surface area contributed by atoms with Gasteiger partial charge in [-0.25, -0.2) is 13.2 Å². The molecule has 0 bridgehead atoms. The Kier molecular flexibility index (Phi) is 8.62. The van der Waals surface area contributed by atoms with Gasteiger partial charge in [0.1, 0.15) is 16.9 Å². The summed E-state index contributed by atoms with van der Waals surface area (Å²) in [6.45, 7) is 3.10. The molecule has 3 rings (SSSR count). The Morgan fingerprint density at radius 1 is 1.29 bits per heavy atom. The molecule has 0 aliphatic carbocycles. The summed E-state index contributed by atoms with van der Waals surface area (Å²) in [5.74, 6) is -3.17. The molecule has 0 amide bonds. The lowest BCUT2D eigenvalue weighted by Crippen LogP contribution is -2.41. The molecule has 0 saturated heterocycles. The number of hydrogen-bond acceptors (Lipinski definition) is 6. The molecule has 34 heavy (non-hydrogen) atoms. The molecule has 1 aliphatic rings. The maximum Gasteiger partial charge on any atom is 0.368 e. The van der Waals surface area contributed by atoms with Crippen LogP contribution in [0.1, 0.15) is 31.7 Å². The van der Waals surface area contributed by atoms with Gasteiger partial charge in [-0.2, -0.15) is 8.70 Å². The molecule has 0 unspecified atom stereocenters. The Morgan fingerprint density at radius 2 is 2.00 bits per heavy atom. The highest BCUT2D eigenvalue weighted by Crippen LogP contribution is 2.41. The second-order valence-electron chi connectivity index (χ2n) is 8.04. The molecule has 2 aromatic rings. The van der Waals surface area contributed by atoms with E-state index in [1.54, 1.807) is 19.4 Å². The number of carboxylic acids is 1. The Bertz CT molecular complexity index is 1160. The van der Waals surface area contributed by atoms with Gasteiger partial charge in [0.05, 0.1) is 10.6 Å². The van der Waals surface area contributed by atoms with E-state index in [0.717, 1.165) is 24.8 Å². The zero-order valence-electron chi connectivity index (χ0n) is 19.4. The minimum absolute atomic E-state index is 0.0434. The van der Waals surface area contributed by atoms with E-state index in [4.69, 9.17) is 9.84 Å². The van der Waals surface area contributed by atoms with Crippen molar-refractivity contribution in [1.29, 1.82) is 0 Å². The fraction of sp³-hybridized carbons (Fsp3) is 0.375. The topological polar surface area (TPSA) is 87.1 Å². The van der Waals surface area contributed by atoms with Gasteiger partial charge in [-0.15, -0.1) is 11.8 Å². The first-order chi connectivity index (χ1) is 16.2. The lowest BCUT2D eigenvalue weighted by atomic mass is 10.1. The van der Waals surface area contributed by atoms with E-state index >= 15 is 0 Å². The van der Waals surface area contributed by atoms with E-state index in [1.165, 1.54) is 22.1 Å². The molecule has 0 aromatic heterocycles. The van der Waals surface area contributed by atoms with Crippen molar-refractivity contribution < 1.29 is 27.4 Å². The predicted molar refractivity (Wildman–Crippen MR) is 131 cm³/mol. The van der Waals surface area contributed by atoms with Gasteiger partial charge in [-0.1, -0.05) is 50.1 Å². The number of hydrogen-bond donors (Lipinski definition) is 1. The Balaban J connectivity index is 2.15. The number of likely N-dealkylation sites (N-methyl/N-ethyl adjacent to an activating group) is 1. The molecule has 1 heterocycles. The van der Waals surface area contributed by atoms with Crippen molar-refractivity contribution in [2.45, 2.75) is 48.6 Å². The van der Waals surface area contributed by atoms with Gasteiger partial charge in [0.25, 0.3) is 0 Å². The number of benzene rings is 2. The van der Waals surface area contributed by atoms with Gasteiger partial charge in [-0.05, 0) is 24.3 Å². The third-order valence-electron chi connectivity index (χ3n) is 5.79. The average Bonchev–Trinajstić information content (AvgIpc) is 2.90. The van der Waals surface area contributed by atoms with Crippen molar-refractivity contribution in [3.8, 4) is 5.75 Å². The third-order valence-corrected chi connectivity index (χ3v) is 8.49. The second kappa shape index (κ2) is 11.2. The maximum atomic E-state index is 13.6. The average molecular weight is 509 g/mol. The van der Waals surface area contributed by atoms with Gasteiger partial charge in [0, 0.05) is 32.2 Å². The number of nitrogens with zero attached hydrogens (tertiary/aromatic N) is 2. The number of rotatable bonds is 9. The van der Waals surface area contributed by atoms with Crippen LogP contribution in [0.5, 0.6) is 5.75 Å². The molecule has 1 atom stereocenters. The van der Waals surface area contributed by atoms with Crippen molar-refractivity contribution in [2.24, 2.45) is 0 Å². The van der Waals surface area contributed by atoms with Crippen LogP contribution < -0.4 is 9.64 Å². The number of ether oxygens (including phenoxy) is 1. The van der Waals surface area contributed by atoms with Crippen LogP contribution in [-0.4, -0.2) is 49.7 Å². The number of halogens is 1. The highest BCUT2D eigenvalue weighted by atomic mass is 32.2. The summed E-state index contributed by atoms with van der Waals surface area (Å²) in [4.78, 5) is 13.5. The fourth-order valence-corrected chi connectivity index (χ4v) is 6.01. The van der Waals surface area contributed by atoms with Gasteiger partial charge < -0.3 is 14.7 Å². The summed E-state index contributed by atoms with van der Waals surface area (Å²) in [5, 5.41) is 8.77. The normalized spacial score (nSPS) is 18.3. The number of fused-ring (bicyclic) bond motifs is 1. The summed E-state index contributed by atoms with van der Waals surface area (Å²) < 4.78 is 47.5. The van der Waals surface area contributed by atoms with Crippen molar-refractivity contribution >= 4 is 33.4 Å². The summed E-state index contributed by atoms with van der Waals surface area (Å²) >= 11 is 1.30. The number of carbonyl (C=O) groups is 1. The van der Waals surface area contributed by atoms with E-state index in [2.05, 4.69) is 11.8 Å². The van der Waals surface area contributed by atoms with Crippen LogP contribution >= 0.6 is 11.8 Å². The molecule has 10 heteroatoms. The van der Waals surface area contributed by atoms with Gasteiger partial charge in [0.2, 0.25) is 15.9 Å². The van der Waals surface area contributed by atoms with Crippen LogP contribution in [-0.2, 0) is 21.4 Å². The Labute approximate surface area is 204 Å². The zero-order chi connectivity index (χ0) is 24.9. The summed E-state index contributed by atoms with van der Waals surface area (Å²) in [6, 6.07) is 12.7. The van der Waals surface area contributed by atoms with Crippen LogP contribution in [0.15, 0.2) is 64.3 Å². The number of thioether (sulfide) groups is 1. The first-order valence-corrected chi connectivity index (χ1v) is 13.6. The SMILES string of the molecule is CCCC[C@@H]1CN(Cc2ccccc2)c2cc(SC)c(O/C=C(\F)C(=O)O)cc2S(=O)(=O)N1C. The van der Waals surface area contributed by atoms with Crippen LogP contribution in [0.3, 0.4) is 0 Å². The van der Waals surface area contributed by atoms with Crippen molar-refractivity contribution in [1.82, 2.24) is 4.31 Å². The number of carboxylic acid groups (broad SMARTS) is 1. The first-order valence-electron chi connectivity index (χ1n) is 10.9. The van der Waals surface area contributed by atoms with Crippen LogP contribution in [0.4, 0.5) is 10.1 Å². The smallest absolute Gasteiger partial charge is 0.368 e. The highest BCUT2D eigenvalue weighted by Gasteiger charge is 2.37. The molecule has 0 saturated carbocycles. The fourth-order valence-electron chi connectivity index (χ4n) is 3.89. The van der Waals surface area contributed by atoms with E-state index < -0.39 is 21.8 Å². The van der Waals surface area contributed by atoms with E-state index in [-0.39, 0.29) is 16.7 Å². The van der Waals surface area contributed by atoms with Crippen LogP contribution in [0.2, 0.25) is 0 Å². The van der Waals surface area contributed by atoms with Crippen LogP contribution in [0.25, 0.3) is 0 Å². The largest absolute Gasteiger partial charge is 0.476 e. The Morgan fingerprint density at radius 3 is 2.62 bits per heavy atom. The summed E-state index contributed by atoms with van der Waals surface area (Å²) in [6.07, 6.45) is 4.82. The van der Waals surface area contributed by atoms with Gasteiger partial charge in [0.15, 0.2) is 0 Å². The number of anilines is 1. The van der Waals surface area contributed by atoms with Gasteiger partial charge in [-0.3, -0.25) is 0 Å². The van der Waals surface area contributed by atoms with Crippen molar-refractivity contribution in [3.63, 3.8) is 0 Å². The predicted octanol–water partition coefficient (Wildman–Crippen LogP) is 4.88. The third kappa shape index (κ3) is 5.73. The minimum Gasteiger partial charge on any atom is -0.476 e. The second-order valence-corrected chi connectivity index (χ2v) is 10.9. The van der Waals surface area contributed by atoms with Gasteiger partial charge >= 0.3 is 5.97 Å². The quantitative estimate of drug-likeness (QED) is 0.293. The number of sulfonamides is 1. The van der Waals surface area contributed by atoms with Crippen molar-refractivity contribution in [3.05, 3.63) is 60.1 Å². The standard InChI is InChI=1S/C24H29FN2O5S2/c1-4-5-11-18-15-27(14-17-9-7-6-8-10-17)20-12-22(33-3)21(32-16-19(25)24(28)29)13-23(20)34(30,31)26(18)2/h6-10,12-13,16,18H,4-5,11,14-15H2,1-3H3,(H,28,29)/b19-16-/t18-/m1/s1. The monoisotopic (exact) mass is 508 g/mol. The maximum absolute atomic E-state index is 13.6. The lowest BCUT2D eigenvalue weighted by molar-refractivity contribution is -0.134. The lowest BCUT2D eigenvalue weighted by Gasteiger charge is -2.29. The molecule has 0 fully saturated rings. The van der Waals surface area contributed by atoms with E-state index in [9.17, 15) is 17.6 Å². The minimum atomic E-state index is -3.89. The van der Waals surface area contributed by atoms with E-state index in [1.807, 2.05) is 30.3 Å². The number of aliphatic carboxylic acids is 1. The molecule has 184 valence electrons. The van der Waals surface area contributed by atoms with Crippen LogP contribution in [0, 0.1) is 0 Å². The molecular weight excluding hydrogens is 479 g/mol. The number of unbranched alkanes of at least 4 members (excludes halogenated alkanes) is 1. The molecule has 0 spiro atoms.